The Balaban J connectivity index is 2.80. The number of imidazole rings is 1. The summed E-state index contributed by atoms with van der Waals surface area (Å²) >= 11 is 11.4. The predicted molar refractivity (Wildman–Crippen MR) is 67.1 cm³/mol. The van der Waals surface area contributed by atoms with Crippen LogP contribution < -0.4 is 0 Å². The highest BCUT2D eigenvalue weighted by molar-refractivity contribution is 7.71. The van der Waals surface area contributed by atoms with Gasteiger partial charge < -0.3 is 9.55 Å². The molecule has 2 rings (SSSR count). The van der Waals surface area contributed by atoms with Crippen LogP contribution in [0, 0.1) is 4.77 Å². The van der Waals surface area contributed by atoms with E-state index in [-0.39, 0.29) is 0 Å². The summed E-state index contributed by atoms with van der Waals surface area (Å²) in [7, 11) is 0. The van der Waals surface area contributed by atoms with Gasteiger partial charge in [0.05, 0.1) is 16.1 Å². The van der Waals surface area contributed by atoms with Gasteiger partial charge in [0.15, 0.2) is 4.77 Å². The summed E-state index contributed by atoms with van der Waals surface area (Å²) in [6.07, 6.45) is 1.05. The van der Waals surface area contributed by atoms with E-state index in [2.05, 4.69) is 23.4 Å². The number of aromatic nitrogens is 2. The molecule has 0 amide bonds. The zero-order valence-electron chi connectivity index (χ0n) is 8.75. The topological polar surface area (TPSA) is 20.7 Å². The second kappa shape index (κ2) is 3.99. The van der Waals surface area contributed by atoms with E-state index in [0.717, 1.165) is 27.2 Å². The summed E-state index contributed by atoms with van der Waals surface area (Å²) in [5.74, 6) is 0. The number of aromatic amines is 1. The summed E-state index contributed by atoms with van der Waals surface area (Å²) < 4.78 is 2.86. The lowest BCUT2D eigenvalue weighted by molar-refractivity contribution is 0.539. The van der Waals surface area contributed by atoms with Crippen LogP contribution in [0.3, 0.4) is 0 Å². The van der Waals surface area contributed by atoms with Crippen molar-refractivity contribution in [2.75, 3.05) is 0 Å². The van der Waals surface area contributed by atoms with Crippen LogP contribution in [0.15, 0.2) is 18.2 Å². The molecular weight excluding hydrogens is 228 g/mol. The SMILES string of the molecule is CCC(C)n1c(=S)[nH]c2c(Cl)cccc21. The maximum absolute atomic E-state index is 6.10. The number of halogens is 1. The Hall–Kier alpha value is -0.800. The van der Waals surface area contributed by atoms with Crippen molar-refractivity contribution in [3.8, 4) is 0 Å². The van der Waals surface area contributed by atoms with Gasteiger partial charge in [-0.2, -0.15) is 0 Å². The van der Waals surface area contributed by atoms with Crippen molar-refractivity contribution in [2.24, 2.45) is 0 Å². The molecule has 1 aromatic carbocycles. The van der Waals surface area contributed by atoms with Crippen LogP contribution in [0.25, 0.3) is 11.0 Å². The van der Waals surface area contributed by atoms with Crippen molar-refractivity contribution in [3.05, 3.63) is 28.0 Å². The van der Waals surface area contributed by atoms with Crippen LogP contribution >= 0.6 is 23.8 Å². The number of para-hydroxylation sites is 1. The first-order valence-electron chi connectivity index (χ1n) is 5.04. The van der Waals surface area contributed by atoms with E-state index in [1.54, 1.807) is 0 Å². The van der Waals surface area contributed by atoms with Gasteiger partial charge in [-0.3, -0.25) is 0 Å². The summed E-state index contributed by atoms with van der Waals surface area (Å²) in [6.45, 7) is 4.31. The minimum absolute atomic E-state index is 0.393. The molecule has 80 valence electrons. The van der Waals surface area contributed by atoms with Crippen molar-refractivity contribution in [3.63, 3.8) is 0 Å². The maximum Gasteiger partial charge on any atom is 0.178 e. The number of H-pyrrole nitrogens is 1. The van der Waals surface area contributed by atoms with E-state index in [1.165, 1.54) is 0 Å². The molecule has 0 saturated heterocycles. The molecule has 0 aliphatic heterocycles. The molecule has 0 radical (unpaired) electrons. The molecule has 0 saturated carbocycles. The van der Waals surface area contributed by atoms with Gasteiger partial charge in [-0.1, -0.05) is 24.6 Å². The Labute approximate surface area is 98.9 Å². The number of hydrogen-bond acceptors (Lipinski definition) is 1. The fourth-order valence-corrected chi connectivity index (χ4v) is 2.33. The number of rotatable bonds is 2. The zero-order valence-corrected chi connectivity index (χ0v) is 10.3. The molecule has 2 aromatic rings. The molecule has 0 spiro atoms. The van der Waals surface area contributed by atoms with Crippen LogP contribution in [-0.4, -0.2) is 9.55 Å². The molecule has 1 heterocycles. The predicted octanol–water partition coefficient (Wildman–Crippen LogP) is 4.32. The monoisotopic (exact) mass is 240 g/mol. The molecule has 0 fully saturated rings. The fourth-order valence-electron chi connectivity index (χ4n) is 1.73. The molecule has 0 aliphatic rings. The molecule has 4 heteroatoms. The number of hydrogen-bond donors (Lipinski definition) is 1. The molecule has 1 unspecified atom stereocenters. The lowest BCUT2D eigenvalue weighted by Crippen LogP contribution is -2.03. The fraction of sp³-hybridized carbons (Fsp3) is 0.364. The largest absolute Gasteiger partial charge is 0.329 e. The second-order valence-electron chi connectivity index (χ2n) is 3.69. The lowest BCUT2D eigenvalue weighted by Gasteiger charge is -2.11. The highest BCUT2D eigenvalue weighted by Crippen LogP contribution is 2.25. The Morgan fingerprint density at radius 3 is 2.93 bits per heavy atom. The average Bonchev–Trinajstić information content (AvgIpc) is 2.55. The third kappa shape index (κ3) is 1.70. The normalized spacial score (nSPS) is 13.3. The van der Waals surface area contributed by atoms with Crippen LogP contribution in [0.4, 0.5) is 0 Å². The van der Waals surface area contributed by atoms with Gasteiger partial charge in [-0.05, 0) is 37.7 Å². The summed E-state index contributed by atoms with van der Waals surface area (Å²) in [5.41, 5.74) is 2.02. The molecule has 1 atom stereocenters. The van der Waals surface area contributed by atoms with Gasteiger partial charge in [-0.15, -0.1) is 0 Å². The molecular formula is C11H13ClN2S. The Bertz CT molecular complexity index is 541. The Kier molecular flexibility index (Phi) is 2.85. The third-order valence-electron chi connectivity index (χ3n) is 2.73. The van der Waals surface area contributed by atoms with Crippen molar-refractivity contribution in [1.29, 1.82) is 0 Å². The smallest absolute Gasteiger partial charge is 0.178 e. The summed E-state index contributed by atoms with van der Waals surface area (Å²) in [5, 5.41) is 0.723. The number of nitrogens with zero attached hydrogens (tertiary/aromatic N) is 1. The zero-order chi connectivity index (χ0) is 11.0. The molecule has 0 bridgehead atoms. The Morgan fingerprint density at radius 1 is 1.53 bits per heavy atom. The lowest BCUT2D eigenvalue weighted by atomic mass is 10.2. The average molecular weight is 241 g/mol. The van der Waals surface area contributed by atoms with Crippen molar-refractivity contribution < 1.29 is 0 Å². The van der Waals surface area contributed by atoms with Crippen molar-refractivity contribution in [2.45, 2.75) is 26.3 Å². The van der Waals surface area contributed by atoms with Gasteiger partial charge in [-0.25, -0.2) is 0 Å². The van der Waals surface area contributed by atoms with Gasteiger partial charge in [0, 0.05) is 6.04 Å². The highest BCUT2D eigenvalue weighted by Gasteiger charge is 2.10. The van der Waals surface area contributed by atoms with Crippen LogP contribution in [0.1, 0.15) is 26.3 Å². The van der Waals surface area contributed by atoms with Crippen LogP contribution in [-0.2, 0) is 0 Å². The van der Waals surface area contributed by atoms with E-state index in [0.29, 0.717) is 6.04 Å². The van der Waals surface area contributed by atoms with E-state index in [1.807, 2.05) is 18.2 Å². The first-order valence-corrected chi connectivity index (χ1v) is 5.82. The molecule has 1 N–H and O–H groups in total. The quantitative estimate of drug-likeness (QED) is 0.776. The Morgan fingerprint density at radius 2 is 2.27 bits per heavy atom. The minimum atomic E-state index is 0.393. The maximum atomic E-state index is 6.10. The van der Waals surface area contributed by atoms with E-state index >= 15 is 0 Å². The first kappa shape index (κ1) is 10.7. The molecule has 0 aliphatic carbocycles. The van der Waals surface area contributed by atoms with Gasteiger partial charge in [0.1, 0.15) is 0 Å². The van der Waals surface area contributed by atoms with E-state index in [4.69, 9.17) is 23.8 Å². The molecule has 15 heavy (non-hydrogen) atoms. The molecule has 2 nitrogen and oxygen atoms in total. The minimum Gasteiger partial charge on any atom is -0.329 e. The highest BCUT2D eigenvalue weighted by atomic mass is 35.5. The van der Waals surface area contributed by atoms with Crippen molar-refractivity contribution in [1.82, 2.24) is 9.55 Å². The second-order valence-corrected chi connectivity index (χ2v) is 4.49. The first-order chi connectivity index (χ1) is 7.15. The van der Waals surface area contributed by atoms with Crippen LogP contribution in [0.5, 0.6) is 0 Å². The van der Waals surface area contributed by atoms with Gasteiger partial charge in [0.25, 0.3) is 0 Å². The van der Waals surface area contributed by atoms with E-state index < -0.39 is 0 Å². The number of nitrogens with one attached hydrogen (secondary N) is 1. The van der Waals surface area contributed by atoms with E-state index in [9.17, 15) is 0 Å². The standard InChI is InChI=1S/C11H13ClN2S/c1-3-7(2)14-9-6-4-5-8(12)10(9)13-11(14)15/h4-7H,3H2,1-2H3,(H,13,15). The summed E-state index contributed by atoms with van der Waals surface area (Å²) in [4.78, 5) is 3.16. The van der Waals surface area contributed by atoms with Crippen LogP contribution in [0.2, 0.25) is 5.02 Å². The molecule has 1 aromatic heterocycles. The van der Waals surface area contributed by atoms with Gasteiger partial charge in [0.2, 0.25) is 0 Å². The summed E-state index contributed by atoms with van der Waals surface area (Å²) in [6, 6.07) is 6.26. The van der Waals surface area contributed by atoms with Gasteiger partial charge >= 0.3 is 0 Å². The number of fused-ring (bicyclic) bond motifs is 1. The third-order valence-corrected chi connectivity index (χ3v) is 3.35. The van der Waals surface area contributed by atoms with Crippen molar-refractivity contribution >= 4 is 34.9 Å². The number of benzene rings is 1.